The third-order valence-electron chi connectivity index (χ3n) is 6.38. The van der Waals surface area contributed by atoms with E-state index in [0.29, 0.717) is 44.7 Å². The van der Waals surface area contributed by atoms with Crippen LogP contribution in [0.25, 0.3) is 0 Å². The Morgan fingerprint density at radius 2 is 1.52 bits per heavy atom. The summed E-state index contributed by atoms with van der Waals surface area (Å²) in [5, 5.41) is 10.9. The van der Waals surface area contributed by atoms with Crippen LogP contribution in [-0.2, 0) is 19.0 Å². The highest BCUT2D eigenvalue weighted by Crippen LogP contribution is 2.38. The predicted molar refractivity (Wildman–Crippen MR) is 112 cm³/mol. The molecule has 2 aromatic rings. The van der Waals surface area contributed by atoms with Crippen molar-refractivity contribution in [2.24, 2.45) is 0 Å². The predicted octanol–water partition coefficient (Wildman–Crippen LogP) is 3.37. The fourth-order valence-electron chi connectivity index (χ4n) is 4.73. The number of rotatable bonds is 4. The van der Waals surface area contributed by atoms with Gasteiger partial charge in [0.1, 0.15) is 11.5 Å². The molecule has 8 heteroatoms. The highest BCUT2D eigenvalue weighted by molar-refractivity contribution is 5.52. The number of methoxy groups -OCH3 is 2. The summed E-state index contributed by atoms with van der Waals surface area (Å²) in [5.74, 6) is 1.54. The maximum atomic E-state index is 13.0. The topological polar surface area (TPSA) is 45.2 Å². The van der Waals surface area contributed by atoms with Crippen LogP contribution in [0.1, 0.15) is 16.7 Å². The molecule has 0 radical (unpaired) electrons. The molecule has 1 N–H and O–H groups in total. The van der Waals surface area contributed by atoms with Crippen LogP contribution >= 0.6 is 0 Å². The van der Waals surface area contributed by atoms with Gasteiger partial charge in [0.15, 0.2) is 0 Å². The average molecular weight is 436 g/mol. The minimum atomic E-state index is -4.35. The van der Waals surface area contributed by atoms with Crippen molar-refractivity contribution in [3.63, 3.8) is 0 Å². The van der Waals surface area contributed by atoms with Gasteiger partial charge in [-0.15, -0.1) is 0 Å². The van der Waals surface area contributed by atoms with Crippen LogP contribution in [-0.4, -0.2) is 62.6 Å². The van der Waals surface area contributed by atoms with Crippen LogP contribution in [0.2, 0.25) is 0 Å². The van der Waals surface area contributed by atoms with Crippen molar-refractivity contribution in [2.75, 3.05) is 45.3 Å². The van der Waals surface area contributed by atoms with Crippen molar-refractivity contribution < 1.29 is 27.8 Å². The molecule has 1 aliphatic heterocycles. The van der Waals surface area contributed by atoms with Gasteiger partial charge in [-0.05, 0) is 36.8 Å². The maximum Gasteiger partial charge on any atom is 0.416 e. The molecule has 0 amide bonds. The van der Waals surface area contributed by atoms with Gasteiger partial charge >= 0.3 is 6.18 Å². The number of nitrogens with zero attached hydrogens (tertiary/aromatic N) is 2. The van der Waals surface area contributed by atoms with Gasteiger partial charge in [0.2, 0.25) is 0 Å². The number of benzene rings is 2. The molecule has 0 saturated carbocycles. The molecule has 2 unspecified atom stereocenters. The standard InChI is InChI=1S/C23H27F3N2O3/c1-30-21-6-7-22(31-2)18-14-20(29)19(13-17(18)21)28-10-8-27(9-11-28)16-5-3-4-15(12-16)23(24,25)26/h3-7,12,19-20,29H,8-11,13-14H2,1-2H3. The first-order valence-electron chi connectivity index (χ1n) is 10.4. The molecule has 1 heterocycles. The van der Waals surface area contributed by atoms with Gasteiger partial charge in [0.05, 0.1) is 25.9 Å². The molecule has 2 aromatic carbocycles. The van der Waals surface area contributed by atoms with Crippen LogP contribution < -0.4 is 14.4 Å². The first-order chi connectivity index (χ1) is 14.8. The molecule has 0 spiro atoms. The van der Waals surface area contributed by atoms with E-state index in [0.717, 1.165) is 28.7 Å². The van der Waals surface area contributed by atoms with E-state index in [1.165, 1.54) is 12.1 Å². The normalized spacial score (nSPS) is 22.2. The number of halogens is 3. The van der Waals surface area contributed by atoms with Crippen molar-refractivity contribution in [2.45, 2.75) is 31.2 Å². The first kappa shape index (κ1) is 21.8. The minimum Gasteiger partial charge on any atom is -0.496 e. The Morgan fingerprint density at radius 3 is 2.10 bits per heavy atom. The van der Waals surface area contributed by atoms with E-state index >= 15 is 0 Å². The Morgan fingerprint density at radius 1 is 0.903 bits per heavy atom. The Balaban J connectivity index is 1.48. The summed E-state index contributed by atoms with van der Waals surface area (Å²) in [6.07, 6.45) is -3.78. The second kappa shape index (κ2) is 8.59. The lowest BCUT2D eigenvalue weighted by molar-refractivity contribution is -0.137. The molecule has 1 saturated heterocycles. The van der Waals surface area contributed by atoms with Crippen LogP contribution in [0, 0.1) is 0 Å². The number of ether oxygens (including phenoxy) is 2. The van der Waals surface area contributed by atoms with Crippen molar-refractivity contribution in [3.05, 3.63) is 53.1 Å². The molecule has 4 rings (SSSR count). The van der Waals surface area contributed by atoms with E-state index in [-0.39, 0.29) is 6.04 Å². The highest BCUT2D eigenvalue weighted by Gasteiger charge is 2.36. The number of alkyl halides is 3. The molecule has 1 aliphatic carbocycles. The molecule has 31 heavy (non-hydrogen) atoms. The Bertz CT molecular complexity index is 927. The molecule has 2 aliphatic rings. The lowest BCUT2D eigenvalue weighted by atomic mass is 9.84. The second-order valence-electron chi connectivity index (χ2n) is 8.04. The third kappa shape index (κ3) is 4.32. The van der Waals surface area contributed by atoms with E-state index in [4.69, 9.17) is 9.47 Å². The van der Waals surface area contributed by atoms with Gasteiger partial charge in [-0.25, -0.2) is 0 Å². The second-order valence-corrected chi connectivity index (χ2v) is 8.04. The molecule has 1 fully saturated rings. The Labute approximate surface area is 180 Å². The molecule has 2 atom stereocenters. The number of hydrogen-bond acceptors (Lipinski definition) is 5. The number of aliphatic hydroxyl groups is 1. The maximum absolute atomic E-state index is 13.0. The summed E-state index contributed by atoms with van der Waals surface area (Å²) >= 11 is 0. The minimum absolute atomic E-state index is 0.0721. The number of anilines is 1. The number of fused-ring (bicyclic) bond motifs is 1. The van der Waals surface area contributed by atoms with E-state index in [1.54, 1.807) is 20.3 Å². The lowest BCUT2D eigenvalue weighted by Crippen LogP contribution is -2.56. The van der Waals surface area contributed by atoms with Crippen LogP contribution in [0.4, 0.5) is 18.9 Å². The zero-order valence-electron chi connectivity index (χ0n) is 17.7. The summed E-state index contributed by atoms with van der Waals surface area (Å²) in [4.78, 5) is 4.20. The van der Waals surface area contributed by atoms with Gasteiger partial charge in [0.25, 0.3) is 0 Å². The molecular formula is C23H27F3N2O3. The van der Waals surface area contributed by atoms with E-state index in [9.17, 15) is 18.3 Å². The zero-order valence-corrected chi connectivity index (χ0v) is 17.7. The van der Waals surface area contributed by atoms with Crippen LogP contribution in [0.3, 0.4) is 0 Å². The summed E-state index contributed by atoms with van der Waals surface area (Å²) in [6.45, 7) is 2.54. The van der Waals surface area contributed by atoms with Crippen molar-refractivity contribution in [1.82, 2.24) is 4.90 Å². The number of aliphatic hydroxyl groups excluding tert-OH is 1. The Kier molecular flexibility index (Phi) is 6.03. The van der Waals surface area contributed by atoms with E-state index in [2.05, 4.69) is 4.90 Å². The highest BCUT2D eigenvalue weighted by atomic mass is 19.4. The van der Waals surface area contributed by atoms with Gasteiger partial charge in [-0.1, -0.05) is 6.07 Å². The SMILES string of the molecule is COc1ccc(OC)c2c1CC(O)C(N1CCN(c3cccc(C(F)(F)F)c3)CC1)C2. The molecule has 0 aromatic heterocycles. The summed E-state index contributed by atoms with van der Waals surface area (Å²) in [7, 11) is 3.25. The first-order valence-corrected chi connectivity index (χ1v) is 10.4. The number of piperazine rings is 1. The smallest absolute Gasteiger partial charge is 0.416 e. The zero-order chi connectivity index (χ0) is 22.2. The average Bonchev–Trinajstić information content (AvgIpc) is 2.77. The van der Waals surface area contributed by atoms with Crippen molar-refractivity contribution in [3.8, 4) is 11.5 Å². The largest absolute Gasteiger partial charge is 0.496 e. The third-order valence-corrected chi connectivity index (χ3v) is 6.38. The van der Waals surface area contributed by atoms with Gasteiger partial charge in [-0.3, -0.25) is 4.90 Å². The molecule has 5 nitrogen and oxygen atoms in total. The van der Waals surface area contributed by atoms with E-state index < -0.39 is 17.8 Å². The lowest BCUT2D eigenvalue weighted by Gasteiger charge is -2.44. The Hall–Kier alpha value is -2.45. The summed E-state index contributed by atoms with van der Waals surface area (Å²) in [5.41, 5.74) is 1.98. The van der Waals surface area contributed by atoms with Gasteiger partial charge in [0, 0.05) is 55.5 Å². The van der Waals surface area contributed by atoms with Crippen molar-refractivity contribution >= 4 is 5.69 Å². The molecular weight excluding hydrogens is 409 g/mol. The van der Waals surface area contributed by atoms with Crippen molar-refractivity contribution in [1.29, 1.82) is 0 Å². The van der Waals surface area contributed by atoms with E-state index in [1.807, 2.05) is 17.0 Å². The molecule has 0 bridgehead atoms. The fraction of sp³-hybridized carbons (Fsp3) is 0.478. The van der Waals surface area contributed by atoms with Gasteiger partial charge < -0.3 is 19.5 Å². The van der Waals surface area contributed by atoms with Gasteiger partial charge in [-0.2, -0.15) is 13.2 Å². The summed E-state index contributed by atoms with van der Waals surface area (Å²) in [6, 6.07) is 9.14. The van der Waals surface area contributed by atoms with Crippen LogP contribution in [0.15, 0.2) is 36.4 Å². The van der Waals surface area contributed by atoms with Crippen LogP contribution in [0.5, 0.6) is 11.5 Å². The summed E-state index contributed by atoms with van der Waals surface area (Å²) < 4.78 is 50.2. The number of hydrogen-bond donors (Lipinski definition) is 1. The molecule has 168 valence electrons. The quantitative estimate of drug-likeness (QED) is 0.796. The monoisotopic (exact) mass is 436 g/mol. The fourth-order valence-corrected chi connectivity index (χ4v) is 4.73.